The number of aromatic nitrogens is 1. The van der Waals surface area contributed by atoms with Crippen molar-refractivity contribution in [3.05, 3.63) is 34.3 Å². The second kappa shape index (κ2) is 4.11. The lowest BCUT2D eigenvalue weighted by Gasteiger charge is -1.94. The minimum atomic E-state index is -0.587. The van der Waals surface area contributed by atoms with Gasteiger partial charge in [-0.15, -0.1) is 0 Å². The number of aldehydes is 1. The van der Waals surface area contributed by atoms with Gasteiger partial charge in [0.05, 0.1) is 0 Å². The number of hydrogen-bond acceptors (Lipinski definition) is 2. The van der Waals surface area contributed by atoms with Crippen LogP contribution >= 0.6 is 15.9 Å². The molecule has 4 heteroatoms. The maximum absolute atomic E-state index is 12.8. The van der Waals surface area contributed by atoms with Crippen molar-refractivity contribution < 1.29 is 9.18 Å². The number of carbonyl (C=O) groups excluding carboxylic acids is 1. The second-order valence-corrected chi connectivity index (χ2v) is 2.94. The van der Waals surface area contributed by atoms with Crippen molar-refractivity contribution >= 4 is 28.3 Å². The average Bonchev–Trinajstić information content (AvgIpc) is 2.07. The van der Waals surface area contributed by atoms with Gasteiger partial charge in [-0.05, 0) is 34.1 Å². The van der Waals surface area contributed by atoms with Crippen molar-refractivity contribution in [1.29, 1.82) is 0 Å². The van der Waals surface area contributed by atoms with Crippen molar-refractivity contribution in [1.82, 2.24) is 4.98 Å². The Morgan fingerprint density at radius 2 is 2.33 bits per heavy atom. The monoisotopic (exact) mass is 229 g/mol. The Morgan fingerprint density at radius 3 is 3.00 bits per heavy atom. The number of hydrogen-bond donors (Lipinski definition) is 0. The Bertz CT molecular complexity index is 325. The van der Waals surface area contributed by atoms with Crippen LogP contribution in [0.4, 0.5) is 4.39 Å². The van der Waals surface area contributed by atoms with E-state index in [1.54, 1.807) is 6.07 Å². The van der Waals surface area contributed by atoms with Gasteiger partial charge in [-0.25, -0.2) is 4.98 Å². The highest BCUT2D eigenvalue weighted by Crippen LogP contribution is 2.13. The van der Waals surface area contributed by atoms with Gasteiger partial charge in [0.1, 0.15) is 6.29 Å². The zero-order valence-corrected chi connectivity index (χ0v) is 7.58. The first-order chi connectivity index (χ1) is 5.74. The molecule has 0 N–H and O–H groups in total. The van der Waals surface area contributed by atoms with Gasteiger partial charge in [-0.1, -0.05) is 0 Å². The van der Waals surface area contributed by atoms with Crippen LogP contribution in [0.5, 0.6) is 0 Å². The molecule has 0 bridgehead atoms. The summed E-state index contributed by atoms with van der Waals surface area (Å²) in [5.41, 5.74) is 0.288. The molecule has 2 nitrogen and oxygen atoms in total. The molecule has 0 atom stereocenters. The molecule has 1 rings (SSSR count). The molecule has 0 aromatic carbocycles. The molecule has 0 saturated carbocycles. The van der Waals surface area contributed by atoms with Gasteiger partial charge in [0.15, 0.2) is 0 Å². The zero-order valence-electron chi connectivity index (χ0n) is 6.00. The molecule has 1 heterocycles. The Hall–Kier alpha value is -1.03. The van der Waals surface area contributed by atoms with Crippen LogP contribution in [0.2, 0.25) is 0 Å². The zero-order chi connectivity index (χ0) is 8.97. The van der Waals surface area contributed by atoms with E-state index in [0.29, 0.717) is 10.8 Å². The highest BCUT2D eigenvalue weighted by molar-refractivity contribution is 9.10. The number of rotatable bonds is 2. The van der Waals surface area contributed by atoms with E-state index < -0.39 is 5.95 Å². The summed E-state index contributed by atoms with van der Waals surface area (Å²) >= 11 is 3.14. The first kappa shape index (κ1) is 9.06. The quantitative estimate of drug-likeness (QED) is 0.442. The number of allylic oxidation sites excluding steroid dienone is 1. The number of halogens is 2. The summed E-state index contributed by atoms with van der Waals surface area (Å²) in [6.07, 6.45) is 4.51. The lowest BCUT2D eigenvalue weighted by Crippen LogP contribution is -1.86. The lowest BCUT2D eigenvalue weighted by atomic mass is 10.2. The molecule has 0 amide bonds. The van der Waals surface area contributed by atoms with E-state index in [0.717, 1.165) is 0 Å². The molecule has 1 aromatic rings. The van der Waals surface area contributed by atoms with Crippen molar-refractivity contribution in [2.24, 2.45) is 0 Å². The molecule has 0 radical (unpaired) electrons. The predicted molar refractivity (Wildman–Crippen MR) is 47.0 cm³/mol. The molecule has 0 aliphatic carbocycles. The summed E-state index contributed by atoms with van der Waals surface area (Å²) in [6.45, 7) is 0. The second-order valence-electron chi connectivity index (χ2n) is 2.03. The first-order valence-corrected chi connectivity index (χ1v) is 3.96. The molecule has 0 unspecified atom stereocenters. The molecular weight excluding hydrogens is 225 g/mol. The summed E-state index contributed by atoms with van der Waals surface area (Å²) in [6, 6.07) is 1.54. The van der Waals surface area contributed by atoms with E-state index in [9.17, 15) is 9.18 Å². The molecule has 0 saturated heterocycles. The van der Waals surface area contributed by atoms with Crippen LogP contribution in [-0.4, -0.2) is 11.3 Å². The van der Waals surface area contributed by atoms with Crippen molar-refractivity contribution in [3.63, 3.8) is 0 Å². The van der Waals surface area contributed by atoms with Gasteiger partial charge in [0.2, 0.25) is 5.95 Å². The van der Waals surface area contributed by atoms with E-state index in [4.69, 9.17) is 0 Å². The minimum absolute atomic E-state index is 0.288. The van der Waals surface area contributed by atoms with E-state index in [2.05, 4.69) is 20.9 Å². The van der Waals surface area contributed by atoms with E-state index >= 15 is 0 Å². The van der Waals surface area contributed by atoms with Gasteiger partial charge in [-0.2, -0.15) is 4.39 Å². The Balaban J connectivity index is 3.04. The van der Waals surface area contributed by atoms with Gasteiger partial charge >= 0.3 is 0 Å². The van der Waals surface area contributed by atoms with Crippen LogP contribution in [0, 0.1) is 5.95 Å². The Morgan fingerprint density at radius 1 is 1.58 bits per heavy atom. The smallest absolute Gasteiger partial charge is 0.220 e. The highest BCUT2D eigenvalue weighted by atomic mass is 79.9. The van der Waals surface area contributed by atoms with Crippen LogP contribution in [0.15, 0.2) is 22.8 Å². The minimum Gasteiger partial charge on any atom is -0.299 e. The fraction of sp³-hybridized carbons (Fsp3) is 0. The normalized spacial score (nSPS) is 10.5. The Labute approximate surface area is 77.3 Å². The third-order valence-corrected chi connectivity index (χ3v) is 1.62. The van der Waals surface area contributed by atoms with Crippen molar-refractivity contribution in [3.8, 4) is 0 Å². The van der Waals surface area contributed by atoms with E-state index in [-0.39, 0.29) is 5.56 Å². The summed E-state index contributed by atoms with van der Waals surface area (Å²) in [7, 11) is 0. The van der Waals surface area contributed by atoms with Crippen LogP contribution in [0.3, 0.4) is 0 Å². The van der Waals surface area contributed by atoms with Crippen molar-refractivity contribution in [2.75, 3.05) is 0 Å². The number of pyridine rings is 1. The standard InChI is InChI=1S/C8H5BrFNO/c9-7-4-6(2-1-3-12)8(10)11-5-7/h1-5H. The average molecular weight is 230 g/mol. The largest absolute Gasteiger partial charge is 0.299 e. The van der Waals surface area contributed by atoms with Gasteiger partial charge < -0.3 is 0 Å². The maximum atomic E-state index is 12.8. The molecular formula is C8H5BrFNO. The molecule has 0 aliphatic heterocycles. The molecule has 0 spiro atoms. The SMILES string of the molecule is O=CC=Cc1cc(Br)cnc1F. The van der Waals surface area contributed by atoms with Crippen LogP contribution < -0.4 is 0 Å². The summed E-state index contributed by atoms with van der Waals surface area (Å²) in [4.78, 5) is 13.4. The molecule has 0 aliphatic rings. The number of carbonyl (C=O) groups is 1. The molecule has 1 aromatic heterocycles. The summed E-state index contributed by atoms with van der Waals surface area (Å²) < 4.78 is 13.5. The summed E-state index contributed by atoms with van der Waals surface area (Å²) in [5, 5.41) is 0. The fourth-order valence-electron chi connectivity index (χ4n) is 0.698. The third kappa shape index (κ3) is 2.23. The van der Waals surface area contributed by atoms with E-state index in [1.807, 2.05) is 0 Å². The third-order valence-electron chi connectivity index (χ3n) is 1.19. The first-order valence-electron chi connectivity index (χ1n) is 3.17. The number of nitrogens with zero attached hydrogens (tertiary/aromatic N) is 1. The van der Waals surface area contributed by atoms with Crippen LogP contribution in [0.25, 0.3) is 6.08 Å². The molecule has 0 fully saturated rings. The fourth-order valence-corrected chi connectivity index (χ4v) is 1.05. The maximum Gasteiger partial charge on any atom is 0.220 e. The molecule has 12 heavy (non-hydrogen) atoms. The summed E-state index contributed by atoms with van der Waals surface area (Å²) in [5.74, 6) is -0.587. The van der Waals surface area contributed by atoms with Crippen LogP contribution in [-0.2, 0) is 4.79 Å². The van der Waals surface area contributed by atoms with Crippen molar-refractivity contribution in [2.45, 2.75) is 0 Å². The topological polar surface area (TPSA) is 30.0 Å². The predicted octanol–water partition coefficient (Wildman–Crippen LogP) is 2.20. The van der Waals surface area contributed by atoms with Crippen LogP contribution in [0.1, 0.15) is 5.56 Å². The Kier molecular flexibility index (Phi) is 3.10. The van der Waals surface area contributed by atoms with E-state index in [1.165, 1.54) is 18.3 Å². The van der Waals surface area contributed by atoms with Gasteiger partial charge in [0, 0.05) is 16.2 Å². The lowest BCUT2D eigenvalue weighted by molar-refractivity contribution is -0.104. The van der Waals surface area contributed by atoms with Gasteiger partial charge in [-0.3, -0.25) is 4.79 Å². The molecule has 62 valence electrons. The highest BCUT2D eigenvalue weighted by Gasteiger charge is 1.99. The van der Waals surface area contributed by atoms with Gasteiger partial charge in [0.25, 0.3) is 0 Å².